The number of aliphatic hydroxyl groups excluding tert-OH is 1. The van der Waals surface area contributed by atoms with Crippen LogP contribution in [0.25, 0.3) is 11.1 Å². The summed E-state index contributed by atoms with van der Waals surface area (Å²) in [6, 6.07) is 15.4. The first-order valence-electron chi connectivity index (χ1n) is 9.17. The van der Waals surface area contributed by atoms with Gasteiger partial charge in [-0.1, -0.05) is 24.3 Å². The SMILES string of the molecule is CN(C)CC(O)c1cccc(NS(=O)(=O)c2ccc(-c3ccc(F)cc3F)cc2)c1. The minimum atomic E-state index is -3.89. The van der Waals surface area contributed by atoms with E-state index in [0.29, 0.717) is 23.4 Å². The Morgan fingerprint density at radius 2 is 1.70 bits per heavy atom. The number of hydrogen-bond acceptors (Lipinski definition) is 4. The first-order valence-corrected chi connectivity index (χ1v) is 10.6. The maximum atomic E-state index is 13.9. The number of nitrogens with zero attached hydrogens (tertiary/aromatic N) is 1. The van der Waals surface area contributed by atoms with Crippen molar-refractivity contribution in [1.82, 2.24) is 4.90 Å². The van der Waals surface area contributed by atoms with Gasteiger partial charge in [-0.2, -0.15) is 0 Å². The Labute approximate surface area is 174 Å². The van der Waals surface area contributed by atoms with E-state index in [4.69, 9.17) is 0 Å². The Bertz CT molecular complexity index is 1130. The number of hydrogen-bond donors (Lipinski definition) is 2. The summed E-state index contributed by atoms with van der Waals surface area (Å²) in [6.07, 6.45) is -0.755. The highest BCUT2D eigenvalue weighted by molar-refractivity contribution is 7.92. The summed E-state index contributed by atoms with van der Waals surface area (Å²) in [7, 11) is -0.229. The molecule has 0 bridgehead atoms. The Balaban J connectivity index is 1.81. The van der Waals surface area contributed by atoms with Gasteiger partial charge in [-0.05, 0) is 61.6 Å². The summed E-state index contributed by atoms with van der Waals surface area (Å²) in [5.41, 5.74) is 1.51. The summed E-state index contributed by atoms with van der Waals surface area (Å²) in [5.74, 6) is -1.41. The number of halogens is 2. The van der Waals surface area contributed by atoms with Gasteiger partial charge in [0, 0.05) is 23.9 Å². The number of rotatable bonds is 7. The zero-order valence-electron chi connectivity index (χ0n) is 16.5. The maximum absolute atomic E-state index is 13.9. The molecule has 1 atom stereocenters. The van der Waals surface area contributed by atoms with E-state index in [2.05, 4.69) is 4.72 Å². The molecular formula is C22H22F2N2O3S. The summed E-state index contributed by atoms with van der Waals surface area (Å²) >= 11 is 0. The molecule has 5 nitrogen and oxygen atoms in total. The average molecular weight is 432 g/mol. The van der Waals surface area contributed by atoms with Gasteiger partial charge in [0.2, 0.25) is 0 Å². The highest BCUT2D eigenvalue weighted by Gasteiger charge is 2.16. The first-order chi connectivity index (χ1) is 14.2. The third-order valence-electron chi connectivity index (χ3n) is 4.47. The third kappa shape index (κ3) is 5.21. The van der Waals surface area contributed by atoms with E-state index in [1.807, 2.05) is 19.0 Å². The van der Waals surface area contributed by atoms with Crippen molar-refractivity contribution in [3.8, 4) is 11.1 Å². The van der Waals surface area contributed by atoms with Crippen molar-refractivity contribution in [3.63, 3.8) is 0 Å². The lowest BCUT2D eigenvalue weighted by molar-refractivity contribution is 0.138. The number of nitrogens with one attached hydrogen (secondary N) is 1. The quantitative estimate of drug-likeness (QED) is 0.592. The van der Waals surface area contributed by atoms with Crippen molar-refractivity contribution >= 4 is 15.7 Å². The zero-order chi connectivity index (χ0) is 21.9. The van der Waals surface area contributed by atoms with Gasteiger partial charge in [-0.25, -0.2) is 17.2 Å². The molecule has 0 amide bonds. The number of sulfonamides is 1. The molecule has 0 aliphatic carbocycles. The summed E-state index contributed by atoms with van der Waals surface area (Å²) in [5, 5.41) is 10.2. The lowest BCUT2D eigenvalue weighted by Crippen LogP contribution is -2.20. The molecule has 3 aromatic rings. The van der Waals surface area contributed by atoms with Crippen molar-refractivity contribution in [2.45, 2.75) is 11.0 Å². The van der Waals surface area contributed by atoms with Gasteiger partial charge in [-0.3, -0.25) is 4.72 Å². The van der Waals surface area contributed by atoms with Crippen LogP contribution >= 0.6 is 0 Å². The molecule has 0 saturated heterocycles. The zero-order valence-corrected chi connectivity index (χ0v) is 17.3. The molecule has 30 heavy (non-hydrogen) atoms. The lowest BCUT2D eigenvalue weighted by Gasteiger charge is -2.17. The van der Waals surface area contributed by atoms with Crippen LogP contribution in [-0.2, 0) is 10.0 Å². The van der Waals surface area contributed by atoms with Crippen molar-refractivity contribution in [2.75, 3.05) is 25.4 Å². The van der Waals surface area contributed by atoms with Crippen LogP contribution in [0.2, 0.25) is 0 Å². The smallest absolute Gasteiger partial charge is 0.261 e. The third-order valence-corrected chi connectivity index (χ3v) is 5.87. The predicted molar refractivity (Wildman–Crippen MR) is 113 cm³/mol. The van der Waals surface area contributed by atoms with Crippen LogP contribution in [0.15, 0.2) is 71.6 Å². The molecule has 0 saturated carbocycles. The highest BCUT2D eigenvalue weighted by Crippen LogP contribution is 2.26. The lowest BCUT2D eigenvalue weighted by atomic mass is 10.1. The van der Waals surface area contributed by atoms with Crippen LogP contribution in [0, 0.1) is 11.6 Å². The second-order valence-corrected chi connectivity index (χ2v) is 8.84. The fraction of sp³-hybridized carbons (Fsp3) is 0.182. The molecule has 0 aromatic heterocycles. The topological polar surface area (TPSA) is 69.6 Å². The largest absolute Gasteiger partial charge is 0.387 e. The average Bonchev–Trinajstić information content (AvgIpc) is 2.67. The van der Waals surface area contributed by atoms with Gasteiger partial charge in [0.25, 0.3) is 10.0 Å². The number of benzene rings is 3. The van der Waals surface area contributed by atoms with Crippen LogP contribution in [-0.4, -0.2) is 39.1 Å². The standard InChI is InChI=1S/C22H22F2N2O3S/c1-26(2)14-22(27)16-4-3-5-18(12-16)25-30(28,29)19-9-6-15(7-10-19)20-11-8-17(23)13-21(20)24/h3-13,22,25,27H,14H2,1-2H3. The second-order valence-electron chi connectivity index (χ2n) is 7.16. The molecule has 3 aromatic carbocycles. The molecule has 2 N–H and O–H groups in total. The van der Waals surface area contributed by atoms with Crippen LogP contribution in [0.4, 0.5) is 14.5 Å². The fourth-order valence-electron chi connectivity index (χ4n) is 3.01. The van der Waals surface area contributed by atoms with E-state index < -0.39 is 27.8 Å². The summed E-state index contributed by atoms with van der Waals surface area (Å²) in [4.78, 5) is 1.82. The number of aliphatic hydroxyl groups is 1. The molecule has 0 aliphatic heterocycles. The fourth-order valence-corrected chi connectivity index (χ4v) is 4.06. The second kappa shape index (κ2) is 8.91. The van der Waals surface area contributed by atoms with Gasteiger partial charge < -0.3 is 10.0 Å². The highest BCUT2D eigenvalue weighted by atomic mass is 32.2. The molecule has 0 fully saturated rings. The van der Waals surface area contributed by atoms with Gasteiger partial charge in [0.05, 0.1) is 11.0 Å². The molecular weight excluding hydrogens is 410 g/mol. The molecule has 0 radical (unpaired) electrons. The molecule has 1 unspecified atom stereocenters. The Morgan fingerprint density at radius 3 is 2.33 bits per heavy atom. The number of anilines is 1. The Morgan fingerprint density at radius 1 is 1.00 bits per heavy atom. The van der Waals surface area contributed by atoms with Crippen LogP contribution in [0.1, 0.15) is 11.7 Å². The molecule has 3 rings (SSSR count). The van der Waals surface area contributed by atoms with Gasteiger partial charge in [0.15, 0.2) is 0 Å². The van der Waals surface area contributed by atoms with E-state index in [1.54, 1.807) is 24.3 Å². The maximum Gasteiger partial charge on any atom is 0.261 e. The summed E-state index contributed by atoms with van der Waals surface area (Å²) in [6.45, 7) is 0.400. The molecule has 0 spiro atoms. The summed E-state index contributed by atoms with van der Waals surface area (Å²) < 4.78 is 54.9. The van der Waals surface area contributed by atoms with E-state index in [9.17, 15) is 22.3 Å². The van der Waals surface area contributed by atoms with E-state index in [-0.39, 0.29) is 10.5 Å². The number of likely N-dealkylation sites (N-methyl/N-ethyl adjacent to an activating group) is 1. The van der Waals surface area contributed by atoms with Crippen molar-refractivity contribution < 1.29 is 22.3 Å². The molecule has 0 aliphatic rings. The van der Waals surface area contributed by atoms with Crippen LogP contribution < -0.4 is 4.72 Å². The van der Waals surface area contributed by atoms with Crippen molar-refractivity contribution in [3.05, 3.63) is 83.9 Å². The molecule has 158 valence electrons. The minimum Gasteiger partial charge on any atom is -0.387 e. The van der Waals surface area contributed by atoms with E-state index in [1.165, 1.54) is 30.3 Å². The van der Waals surface area contributed by atoms with Crippen molar-refractivity contribution in [2.24, 2.45) is 0 Å². The Kier molecular flexibility index (Phi) is 6.50. The predicted octanol–water partition coefficient (Wildman–Crippen LogP) is 4.03. The van der Waals surface area contributed by atoms with Gasteiger partial charge >= 0.3 is 0 Å². The van der Waals surface area contributed by atoms with E-state index >= 15 is 0 Å². The monoisotopic (exact) mass is 432 g/mol. The molecule has 0 heterocycles. The Hall–Kier alpha value is -2.81. The first kappa shape index (κ1) is 21.9. The normalized spacial score (nSPS) is 12.7. The van der Waals surface area contributed by atoms with E-state index in [0.717, 1.165) is 12.1 Å². The molecule has 8 heteroatoms. The van der Waals surface area contributed by atoms with Crippen molar-refractivity contribution in [1.29, 1.82) is 0 Å². The van der Waals surface area contributed by atoms with Crippen LogP contribution in [0.3, 0.4) is 0 Å². The van der Waals surface area contributed by atoms with Crippen LogP contribution in [0.5, 0.6) is 0 Å². The van der Waals surface area contributed by atoms with Gasteiger partial charge in [-0.15, -0.1) is 0 Å². The van der Waals surface area contributed by atoms with Gasteiger partial charge in [0.1, 0.15) is 11.6 Å². The minimum absolute atomic E-state index is 0.00647.